The molecule has 6 heteroatoms. The van der Waals surface area contributed by atoms with Crippen molar-refractivity contribution in [2.45, 2.75) is 19.4 Å². The number of hydrogen-bond donors (Lipinski definition) is 2. The van der Waals surface area contributed by atoms with Gasteiger partial charge in [-0.25, -0.2) is 4.79 Å². The molecule has 0 aliphatic rings. The summed E-state index contributed by atoms with van der Waals surface area (Å²) >= 11 is 0. The highest BCUT2D eigenvalue weighted by atomic mass is 16.3. The highest BCUT2D eigenvalue weighted by Gasteiger charge is 2.11. The molecule has 0 aromatic carbocycles. The number of H-pyrrole nitrogens is 1. The minimum Gasteiger partial charge on any atom is -0.394 e. The molecule has 1 atom stereocenters. The summed E-state index contributed by atoms with van der Waals surface area (Å²) < 4.78 is 1.17. The van der Waals surface area contributed by atoms with Crippen LogP contribution in [0.1, 0.15) is 24.9 Å². The van der Waals surface area contributed by atoms with Crippen molar-refractivity contribution in [2.24, 2.45) is 0 Å². The molecule has 0 fully saturated rings. The summed E-state index contributed by atoms with van der Waals surface area (Å²) in [4.78, 5) is 24.4. The highest BCUT2D eigenvalue weighted by molar-refractivity contribution is 5.21. The predicted molar refractivity (Wildman–Crippen MR) is 52.5 cm³/mol. The molecule has 0 bridgehead atoms. The number of aromatic amines is 1. The molecule has 0 spiro atoms. The molecular formula is C9H11N3O3. The molecule has 0 radical (unpaired) electrons. The monoisotopic (exact) mass is 209 g/mol. The summed E-state index contributed by atoms with van der Waals surface area (Å²) in [5, 5.41) is 17.6. The van der Waals surface area contributed by atoms with E-state index in [1.807, 2.05) is 4.98 Å². The Morgan fingerprint density at radius 2 is 2.33 bits per heavy atom. The maximum absolute atomic E-state index is 11.4. The van der Waals surface area contributed by atoms with Gasteiger partial charge < -0.3 is 5.11 Å². The van der Waals surface area contributed by atoms with Crippen molar-refractivity contribution < 1.29 is 5.11 Å². The van der Waals surface area contributed by atoms with Crippen molar-refractivity contribution in [2.75, 3.05) is 6.61 Å². The van der Waals surface area contributed by atoms with Gasteiger partial charge >= 0.3 is 5.69 Å². The van der Waals surface area contributed by atoms with E-state index in [0.717, 1.165) is 0 Å². The Labute approximate surface area is 85.4 Å². The van der Waals surface area contributed by atoms with Gasteiger partial charge in [0.15, 0.2) is 0 Å². The van der Waals surface area contributed by atoms with Crippen LogP contribution in [0.5, 0.6) is 0 Å². The van der Waals surface area contributed by atoms with Crippen LogP contribution < -0.4 is 11.2 Å². The summed E-state index contributed by atoms with van der Waals surface area (Å²) in [6.45, 7) is 1.58. The molecule has 0 saturated carbocycles. The van der Waals surface area contributed by atoms with Gasteiger partial charge in [-0.05, 0) is 6.42 Å². The van der Waals surface area contributed by atoms with E-state index in [4.69, 9.17) is 10.4 Å². The Bertz CT molecular complexity index is 491. The Morgan fingerprint density at radius 3 is 2.80 bits per heavy atom. The van der Waals surface area contributed by atoms with Crippen LogP contribution in [0.4, 0.5) is 0 Å². The van der Waals surface area contributed by atoms with Crippen molar-refractivity contribution in [1.82, 2.24) is 9.55 Å². The van der Waals surface area contributed by atoms with Gasteiger partial charge in [0.25, 0.3) is 5.56 Å². The maximum atomic E-state index is 11.4. The largest absolute Gasteiger partial charge is 0.394 e. The predicted octanol–water partition coefficient (Wildman–Crippen LogP) is -0.648. The highest BCUT2D eigenvalue weighted by Crippen LogP contribution is 2.05. The van der Waals surface area contributed by atoms with Gasteiger partial charge in [-0.3, -0.25) is 14.3 Å². The zero-order chi connectivity index (χ0) is 11.4. The fraction of sp³-hybridized carbons (Fsp3) is 0.444. The Hall–Kier alpha value is -1.87. The van der Waals surface area contributed by atoms with Crippen LogP contribution in [0, 0.1) is 11.3 Å². The SMILES string of the molecule is CCC(CO)n1cc(C#N)c(=O)[nH]c1=O. The molecule has 0 saturated heterocycles. The average molecular weight is 209 g/mol. The van der Waals surface area contributed by atoms with Crippen molar-refractivity contribution in [3.63, 3.8) is 0 Å². The van der Waals surface area contributed by atoms with E-state index in [1.54, 1.807) is 13.0 Å². The second-order valence-corrected chi connectivity index (χ2v) is 3.07. The van der Waals surface area contributed by atoms with E-state index in [1.165, 1.54) is 10.8 Å². The summed E-state index contributed by atoms with van der Waals surface area (Å²) in [7, 11) is 0. The van der Waals surface area contributed by atoms with Crippen molar-refractivity contribution in [3.05, 3.63) is 32.6 Å². The van der Waals surface area contributed by atoms with E-state index in [2.05, 4.69) is 0 Å². The summed E-state index contributed by atoms with van der Waals surface area (Å²) in [6.07, 6.45) is 1.71. The van der Waals surface area contributed by atoms with Gasteiger partial charge in [-0.2, -0.15) is 5.26 Å². The second-order valence-electron chi connectivity index (χ2n) is 3.07. The van der Waals surface area contributed by atoms with Gasteiger partial charge in [0.2, 0.25) is 0 Å². The van der Waals surface area contributed by atoms with Crippen LogP contribution in [0.25, 0.3) is 0 Å². The van der Waals surface area contributed by atoms with Gasteiger partial charge in [0.05, 0.1) is 12.6 Å². The first kappa shape index (κ1) is 11.2. The van der Waals surface area contributed by atoms with Gasteiger partial charge in [0, 0.05) is 6.20 Å². The number of aliphatic hydroxyl groups is 1. The molecule has 1 unspecified atom stereocenters. The second kappa shape index (κ2) is 4.57. The number of aliphatic hydroxyl groups excluding tert-OH is 1. The van der Waals surface area contributed by atoms with Crippen molar-refractivity contribution in [1.29, 1.82) is 5.26 Å². The van der Waals surface area contributed by atoms with Crippen molar-refractivity contribution >= 4 is 0 Å². The van der Waals surface area contributed by atoms with E-state index in [9.17, 15) is 9.59 Å². The van der Waals surface area contributed by atoms with Gasteiger partial charge in [0.1, 0.15) is 11.6 Å². The first-order valence-corrected chi connectivity index (χ1v) is 4.50. The number of aromatic nitrogens is 2. The number of hydrogen-bond acceptors (Lipinski definition) is 4. The molecule has 1 heterocycles. The molecule has 1 aromatic heterocycles. The van der Waals surface area contributed by atoms with Crippen molar-refractivity contribution in [3.8, 4) is 6.07 Å². The molecule has 0 aliphatic heterocycles. The summed E-state index contributed by atoms with van der Waals surface area (Å²) in [6, 6.07) is 1.27. The number of nitrogens with one attached hydrogen (secondary N) is 1. The summed E-state index contributed by atoms with van der Waals surface area (Å²) in [5.41, 5.74) is -1.45. The number of rotatable bonds is 3. The molecule has 15 heavy (non-hydrogen) atoms. The van der Waals surface area contributed by atoms with Crippen LogP contribution in [0.2, 0.25) is 0 Å². The first-order chi connectivity index (χ1) is 7.13. The third kappa shape index (κ3) is 2.14. The standard InChI is InChI=1S/C9H11N3O3/c1-2-7(5-13)12-4-6(3-10)8(14)11-9(12)15/h4,7,13H,2,5H2,1H3,(H,11,14,15). The smallest absolute Gasteiger partial charge is 0.328 e. The van der Waals surface area contributed by atoms with Crippen LogP contribution >= 0.6 is 0 Å². The molecule has 1 rings (SSSR count). The van der Waals surface area contributed by atoms with E-state index < -0.39 is 17.3 Å². The fourth-order valence-electron chi connectivity index (χ4n) is 1.25. The molecule has 2 N–H and O–H groups in total. The number of nitrogens with zero attached hydrogens (tertiary/aromatic N) is 2. The quantitative estimate of drug-likeness (QED) is 0.691. The Balaban J connectivity index is 3.38. The normalized spacial score (nSPS) is 12.1. The van der Waals surface area contributed by atoms with Gasteiger partial charge in [-0.15, -0.1) is 0 Å². The number of nitriles is 1. The molecule has 6 nitrogen and oxygen atoms in total. The lowest BCUT2D eigenvalue weighted by atomic mass is 10.2. The minimum absolute atomic E-state index is 0.137. The minimum atomic E-state index is -0.702. The molecule has 80 valence electrons. The molecular weight excluding hydrogens is 198 g/mol. The average Bonchev–Trinajstić information content (AvgIpc) is 2.22. The summed E-state index contributed by atoms with van der Waals surface area (Å²) in [5.74, 6) is 0. The van der Waals surface area contributed by atoms with E-state index in [0.29, 0.717) is 6.42 Å². The first-order valence-electron chi connectivity index (χ1n) is 4.50. The van der Waals surface area contributed by atoms with Gasteiger partial charge in [-0.1, -0.05) is 6.92 Å². The van der Waals surface area contributed by atoms with E-state index in [-0.39, 0.29) is 12.2 Å². The Kier molecular flexibility index (Phi) is 3.42. The van der Waals surface area contributed by atoms with Crippen LogP contribution in [0.15, 0.2) is 15.8 Å². The molecule has 0 aliphatic carbocycles. The zero-order valence-corrected chi connectivity index (χ0v) is 8.23. The topological polar surface area (TPSA) is 98.9 Å². The third-order valence-electron chi connectivity index (χ3n) is 2.16. The molecule has 1 aromatic rings. The fourth-order valence-corrected chi connectivity index (χ4v) is 1.25. The molecule has 0 amide bonds. The maximum Gasteiger partial charge on any atom is 0.328 e. The zero-order valence-electron chi connectivity index (χ0n) is 8.23. The lowest BCUT2D eigenvalue weighted by Gasteiger charge is -2.14. The van der Waals surface area contributed by atoms with E-state index >= 15 is 0 Å². The van der Waals surface area contributed by atoms with Crippen LogP contribution in [-0.2, 0) is 0 Å². The Morgan fingerprint density at radius 1 is 1.67 bits per heavy atom. The lowest BCUT2D eigenvalue weighted by molar-refractivity contribution is 0.220. The lowest BCUT2D eigenvalue weighted by Crippen LogP contribution is -2.34. The van der Waals surface area contributed by atoms with Crippen LogP contribution in [-0.4, -0.2) is 21.3 Å². The van der Waals surface area contributed by atoms with Crippen LogP contribution in [0.3, 0.4) is 0 Å². The third-order valence-corrected chi connectivity index (χ3v) is 2.16.